The number of thioether (sulfide) groups is 1. The number of methoxy groups -OCH3 is 1. The van der Waals surface area contributed by atoms with Gasteiger partial charge in [0.15, 0.2) is 0 Å². The minimum atomic E-state index is 0.538. The van der Waals surface area contributed by atoms with Crippen LogP contribution in [0.2, 0.25) is 0 Å². The van der Waals surface area contributed by atoms with Gasteiger partial charge in [-0.05, 0) is 17.7 Å². The van der Waals surface area contributed by atoms with Gasteiger partial charge in [-0.2, -0.15) is 0 Å². The van der Waals surface area contributed by atoms with Crippen LogP contribution in [0.4, 0.5) is 0 Å². The van der Waals surface area contributed by atoms with E-state index in [0.717, 1.165) is 43.5 Å². The van der Waals surface area contributed by atoms with Crippen LogP contribution < -0.4 is 5.32 Å². The lowest BCUT2D eigenvalue weighted by Crippen LogP contribution is -2.30. The van der Waals surface area contributed by atoms with Crippen LogP contribution in [0.15, 0.2) is 35.4 Å². The summed E-state index contributed by atoms with van der Waals surface area (Å²) in [5.41, 5.74) is 2.31. The van der Waals surface area contributed by atoms with Gasteiger partial charge < -0.3 is 14.8 Å². The molecule has 3 rings (SSSR count). The van der Waals surface area contributed by atoms with Crippen molar-refractivity contribution in [2.45, 2.75) is 16.8 Å². The van der Waals surface area contributed by atoms with Crippen LogP contribution in [0.1, 0.15) is 5.56 Å². The summed E-state index contributed by atoms with van der Waals surface area (Å²) >= 11 is 1.83. The van der Waals surface area contributed by atoms with Crippen LogP contribution in [-0.2, 0) is 16.0 Å². The summed E-state index contributed by atoms with van der Waals surface area (Å²) in [6.07, 6.45) is 0. The monoisotopic (exact) mass is 304 g/mol. The molecule has 112 valence electrons. The van der Waals surface area contributed by atoms with Crippen molar-refractivity contribution in [2.75, 3.05) is 33.5 Å². The van der Waals surface area contributed by atoms with Gasteiger partial charge in [-0.15, -0.1) is 0 Å². The molecule has 0 radical (unpaired) electrons. The number of aromatic nitrogens is 1. The molecule has 1 aliphatic heterocycles. The molecule has 1 aliphatic rings. The van der Waals surface area contributed by atoms with E-state index in [0.29, 0.717) is 5.25 Å². The zero-order valence-electron chi connectivity index (χ0n) is 12.2. The average Bonchev–Trinajstić information content (AvgIpc) is 2.47. The van der Waals surface area contributed by atoms with Crippen LogP contribution >= 0.6 is 11.8 Å². The Balaban J connectivity index is 1.80. The number of fused-ring (bicyclic) bond motifs is 1. The van der Waals surface area contributed by atoms with Gasteiger partial charge in [-0.25, -0.2) is 4.98 Å². The van der Waals surface area contributed by atoms with Crippen molar-refractivity contribution in [1.82, 2.24) is 10.3 Å². The number of hydrogen-bond donors (Lipinski definition) is 1. The lowest BCUT2D eigenvalue weighted by Gasteiger charge is -2.25. The molecule has 0 aliphatic carbocycles. The number of ether oxygens (including phenoxy) is 2. The van der Waals surface area contributed by atoms with E-state index < -0.39 is 0 Å². The lowest BCUT2D eigenvalue weighted by atomic mass is 10.1. The van der Waals surface area contributed by atoms with E-state index in [1.165, 1.54) is 10.9 Å². The smallest absolute Gasteiger partial charge is 0.102 e. The number of hydrogen-bond acceptors (Lipinski definition) is 5. The Hall–Kier alpha value is -1.14. The quantitative estimate of drug-likeness (QED) is 0.796. The van der Waals surface area contributed by atoms with Gasteiger partial charge in [0.25, 0.3) is 0 Å². The third-order valence-corrected chi connectivity index (χ3v) is 4.63. The SMILES string of the molecule is COCCNCc1cc2ccccc2nc1SC1COC1. The molecule has 1 fully saturated rings. The maximum Gasteiger partial charge on any atom is 0.102 e. The molecular formula is C16H20N2O2S. The fraction of sp³-hybridized carbons (Fsp3) is 0.438. The third kappa shape index (κ3) is 3.74. The molecule has 2 aromatic rings. The van der Waals surface area contributed by atoms with Crippen molar-refractivity contribution in [2.24, 2.45) is 0 Å². The predicted octanol–water partition coefficient (Wildman–Crippen LogP) is 2.46. The van der Waals surface area contributed by atoms with E-state index >= 15 is 0 Å². The first kappa shape index (κ1) is 14.8. The van der Waals surface area contributed by atoms with Gasteiger partial charge >= 0.3 is 0 Å². The first-order valence-corrected chi connectivity index (χ1v) is 8.07. The van der Waals surface area contributed by atoms with E-state index in [4.69, 9.17) is 14.5 Å². The van der Waals surface area contributed by atoms with Crippen LogP contribution in [0, 0.1) is 0 Å². The molecule has 0 bridgehead atoms. The van der Waals surface area contributed by atoms with Crippen molar-refractivity contribution < 1.29 is 9.47 Å². The van der Waals surface area contributed by atoms with Crippen LogP contribution in [0.3, 0.4) is 0 Å². The zero-order chi connectivity index (χ0) is 14.5. The molecule has 5 heteroatoms. The number of pyridine rings is 1. The van der Waals surface area contributed by atoms with Gasteiger partial charge in [-0.1, -0.05) is 30.0 Å². The summed E-state index contributed by atoms with van der Waals surface area (Å²) in [5, 5.41) is 6.25. The topological polar surface area (TPSA) is 43.4 Å². The first-order valence-electron chi connectivity index (χ1n) is 7.19. The van der Waals surface area contributed by atoms with Crippen molar-refractivity contribution >= 4 is 22.7 Å². The summed E-state index contributed by atoms with van der Waals surface area (Å²) in [5.74, 6) is 0. The average molecular weight is 304 g/mol. The molecule has 1 aromatic carbocycles. The van der Waals surface area contributed by atoms with Crippen molar-refractivity contribution in [1.29, 1.82) is 0 Å². The molecular weight excluding hydrogens is 284 g/mol. The molecule has 4 nitrogen and oxygen atoms in total. The highest BCUT2D eigenvalue weighted by atomic mass is 32.2. The van der Waals surface area contributed by atoms with E-state index in [-0.39, 0.29) is 0 Å². The highest BCUT2D eigenvalue weighted by Gasteiger charge is 2.22. The number of para-hydroxylation sites is 1. The van der Waals surface area contributed by atoms with Crippen molar-refractivity contribution in [3.05, 3.63) is 35.9 Å². The Bertz CT molecular complexity index is 602. The minimum Gasteiger partial charge on any atom is -0.383 e. The fourth-order valence-electron chi connectivity index (χ4n) is 2.21. The van der Waals surface area contributed by atoms with E-state index in [2.05, 4.69) is 29.6 Å². The second kappa shape index (κ2) is 7.22. The molecule has 0 spiro atoms. The third-order valence-electron chi connectivity index (χ3n) is 3.45. The first-order chi connectivity index (χ1) is 10.4. The second-order valence-corrected chi connectivity index (χ2v) is 6.38. The summed E-state index contributed by atoms with van der Waals surface area (Å²) in [4.78, 5) is 4.83. The molecule has 1 aromatic heterocycles. The molecule has 0 atom stereocenters. The Kier molecular flexibility index (Phi) is 5.08. The number of benzene rings is 1. The van der Waals surface area contributed by atoms with Crippen molar-refractivity contribution in [3.63, 3.8) is 0 Å². The summed E-state index contributed by atoms with van der Waals surface area (Å²) in [6.45, 7) is 4.04. The Morgan fingerprint density at radius 3 is 3.00 bits per heavy atom. The maximum atomic E-state index is 5.27. The highest BCUT2D eigenvalue weighted by molar-refractivity contribution is 8.00. The molecule has 1 N–H and O–H groups in total. The standard InChI is InChI=1S/C16H20N2O2S/c1-19-7-6-17-9-13-8-12-4-2-3-5-15(12)18-16(13)21-14-10-20-11-14/h2-5,8,14,17H,6-7,9-11H2,1H3. The molecule has 1 saturated heterocycles. The zero-order valence-corrected chi connectivity index (χ0v) is 13.0. The molecule has 21 heavy (non-hydrogen) atoms. The van der Waals surface area contributed by atoms with Crippen molar-refractivity contribution in [3.8, 4) is 0 Å². The summed E-state index contributed by atoms with van der Waals surface area (Å²) in [7, 11) is 1.72. The second-order valence-electron chi connectivity index (χ2n) is 5.09. The van der Waals surface area contributed by atoms with Crippen LogP contribution in [-0.4, -0.2) is 43.7 Å². The number of nitrogens with zero attached hydrogens (tertiary/aromatic N) is 1. The lowest BCUT2D eigenvalue weighted by molar-refractivity contribution is 0.0454. The largest absolute Gasteiger partial charge is 0.383 e. The van der Waals surface area contributed by atoms with E-state index in [9.17, 15) is 0 Å². The predicted molar refractivity (Wildman–Crippen MR) is 85.8 cm³/mol. The highest BCUT2D eigenvalue weighted by Crippen LogP contribution is 2.31. The molecule has 0 amide bonds. The molecule has 2 heterocycles. The van der Waals surface area contributed by atoms with Gasteiger partial charge in [0.2, 0.25) is 0 Å². The summed E-state index contributed by atoms with van der Waals surface area (Å²) in [6, 6.07) is 10.5. The van der Waals surface area contributed by atoms with E-state index in [1.54, 1.807) is 7.11 Å². The van der Waals surface area contributed by atoms with Gasteiger partial charge in [-0.3, -0.25) is 0 Å². The fourth-order valence-corrected chi connectivity index (χ4v) is 3.29. The van der Waals surface area contributed by atoms with Gasteiger partial charge in [0.1, 0.15) is 5.03 Å². The Labute approximate surface area is 129 Å². The van der Waals surface area contributed by atoms with Gasteiger partial charge in [0.05, 0.1) is 30.6 Å². The van der Waals surface area contributed by atoms with Gasteiger partial charge in [0, 0.05) is 25.6 Å². The summed E-state index contributed by atoms with van der Waals surface area (Å²) < 4.78 is 10.3. The Morgan fingerprint density at radius 1 is 1.38 bits per heavy atom. The molecule has 0 unspecified atom stereocenters. The van der Waals surface area contributed by atoms with Crippen LogP contribution in [0.25, 0.3) is 10.9 Å². The van der Waals surface area contributed by atoms with E-state index in [1.807, 2.05) is 17.8 Å². The number of nitrogens with one attached hydrogen (secondary N) is 1. The minimum absolute atomic E-state index is 0.538. The Morgan fingerprint density at radius 2 is 2.24 bits per heavy atom. The van der Waals surface area contributed by atoms with Crippen LogP contribution in [0.5, 0.6) is 0 Å². The normalized spacial score (nSPS) is 15.3. The maximum absolute atomic E-state index is 5.27. The number of rotatable bonds is 7. The molecule has 0 saturated carbocycles.